The molecule has 6 rings (SSSR count). The second-order valence-corrected chi connectivity index (χ2v) is 9.30. The van der Waals surface area contributed by atoms with Crippen LogP contribution in [0.2, 0.25) is 0 Å². The normalized spacial score (nSPS) is 15.2. The summed E-state index contributed by atoms with van der Waals surface area (Å²) < 4.78 is 0. The van der Waals surface area contributed by atoms with Crippen LogP contribution in [0.25, 0.3) is 28.3 Å². The minimum Gasteiger partial charge on any atom is -0.257 e. The summed E-state index contributed by atoms with van der Waals surface area (Å²) in [6, 6.07) is 49.2. The molecular weight excluding hydrogens is 448 g/mol. The van der Waals surface area contributed by atoms with Crippen molar-refractivity contribution in [2.24, 2.45) is 5.10 Å². The second kappa shape index (κ2) is 10.5. The van der Waals surface area contributed by atoms with Gasteiger partial charge in [-0.15, -0.1) is 0 Å². The van der Waals surface area contributed by atoms with Crippen molar-refractivity contribution in [2.75, 3.05) is 5.01 Å². The van der Waals surface area contributed by atoms with Crippen molar-refractivity contribution in [2.45, 2.75) is 12.5 Å². The highest BCUT2D eigenvalue weighted by atomic mass is 15.5. The Balaban J connectivity index is 1.24. The first kappa shape index (κ1) is 22.8. The van der Waals surface area contributed by atoms with Gasteiger partial charge in [0.1, 0.15) is 0 Å². The molecular formula is C35H28N2. The predicted molar refractivity (Wildman–Crippen MR) is 157 cm³/mol. The van der Waals surface area contributed by atoms with Crippen LogP contribution < -0.4 is 5.01 Å². The topological polar surface area (TPSA) is 15.6 Å². The molecule has 178 valence electrons. The zero-order valence-electron chi connectivity index (χ0n) is 20.6. The number of anilines is 1. The monoisotopic (exact) mass is 476 g/mol. The van der Waals surface area contributed by atoms with Crippen molar-refractivity contribution in [1.29, 1.82) is 0 Å². The zero-order valence-corrected chi connectivity index (χ0v) is 20.6. The lowest BCUT2D eigenvalue weighted by atomic mass is 9.97. The number of rotatable bonds is 6. The number of hydrogen-bond acceptors (Lipinski definition) is 2. The standard InChI is InChI=1S/C35H28N2/c1-4-10-28(11-5-1)30-19-16-27(17-20-30)18-25-33-26-35(37(36-33)34-14-8-3-9-15-34)32-23-21-31(22-24-32)29-12-6-2-7-13-29/h1-25,35H,26H2/b25-18+/t35-/m0/s1. The summed E-state index contributed by atoms with van der Waals surface area (Å²) in [6.07, 6.45) is 5.18. The number of benzene rings is 5. The van der Waals surface area contributed by atoms with Crippen LogP contribution in [0.1, 0.15) is 23.6 Å². The number of nitrogens with zero attached hydrogens (tertiary/aromatic N) is 2. The van der Waals surface area contributed by atoms with Crippen LogP contribution in [0.3, 0.4) is 0 Å². The quantitative estimate of drug-likeness (QED) is 0.239. The lowest BCUT2D eigenvalue weighted by molar-refractivity contribution is 0.709. The zero-order chi connectivity index (χ0) is 24.9. The minimum absolute atomic E-state index is 0.160. The van der Waals surface area contributed by atoms with Gasteiger partial charge < -0.3 is 0 Å². The number of para-hydroxylation sites is 1. The molecule has 2 nitrogen and oxygen atoms in total. The van der Waals surface area contributed by atoms with Gasteiger partial charge in [0.05, 0.1) is 17.4 Å². The van der Waals surface area contributed by atoms with Gasteiger partial charge in [-0.05, 0) is 51.6 Å². The van der Waals surface area contributed by atoms with Crippen LogP contribution in [0.15, 0.2) is 151 Å². The van der Waals surface area contributed by atoms with Gasteiger partial charge in [0, 0.05) is 6.42 Å². The molecule has 1 aliphatic rings. The van der Waals surface area contributed by atoms with E-state index in [-0.39, 0.29) is 6.04 Å². The van der Waals surface area contributed by atoms with E-state index in [9.17, 15) is 0 Å². The van der Waals surface area contributed by atoms with E-state index in [1.807, 2.05) is 12.1 Å². The van der Waals surface area contributed by atoms with Crippen molar-refractivity contribution in [1.82, 2.24) is 0 Å². The first-order valence-corrected chi connectivity index (χ1v) is 12.7. The highest BCUT2D eigenvalue weighted by Crippen LogP contribution is 2.36. The molecule has 0 aromatic heterocycles. The number of hydrazone groups is 1. The van der Waals surface area contributed by atoms with E-state index in [0.717, 1.165) is 17.8 Å². The fourth-order valence-electron chi connectivity index (χ4n) is 4.85. The third kappa shape index (κ3) is 5.14. The molecule has 37 heavy (non-hydrogen) atoms. The second-order valence-electron chi connectivity index (χ2n) is 9.30. The Hall–Kier alpha value is -4.69. The van der Waals surface area contributed by atoms with Crippen molar-refractivity contribution in [3.8, 4) is 22.3 Å². The fourth-order valence-corrected chi connectivity index (χ4v) is 4.85. The van der Waals surface area contributed by atoms with Crippen LogP contribution in [-0.4, -0.2) is 5.71 Å². The predicted octanol–water partition coefficient (Wildman–Crippen LogP) is 9.04. The minimum atomic E-state index is 0.160. The third-order valence-electron chi connectivity index (χ3n) is 6.84. The van der Waals surface area contributed by atoms with Gasteiger partial charge in [0.25, 0.3) is 0 Å². The highest BCUT2D eigenvalue weighted by Gasteiger charge is 2.28. The maximum absolute atomic E-state index is 5.04. The molecule has 1 aliphatic heterocycles. The Morgan fingerprint density at radius 3 is 1.57 bits per heavy atom. The number of allylic oxidation sites excluding steroid dienone is 1. The van der Waals surface area contributed by atoms with E-state index in [2.05, 4.69) is 145 Å². The summed E-state index contributed by atoms with van der Waals surface area (Å²) in [4.78, 5) is 0. The van der Waals surface area contributed by atoms with E-state index in [0.29, 0.717) is 0 Å². The molecule has 0 aliphatic carbocycles. The Morgan fingerprint density at radius 1 is 0.514 bits per heavy atom. The first-order chi connectivity index (χ1) is 18.3. The smallest absolute Gasteiger partial charge is 0.0831 e. The van der Waals surface area contributed by atoms with E-state index in [4.69, 9.17) is 5.10 Å². The maximum atomic E-state index is 5.04. The Kier molecular flexibility index (Phi) is 6.46. The molecule has 2 heteroatoms. The first-order valence-electron chi connectivity index (χ1n) is 12.7. The molecule has 0 saturated heterocycles. The molecule has 5 aromatic rings. The molecule has 0 N–H and O–H groups in total. The number of hydrogen-bond donors (Lipinski definition) is 0. The largest absolute Gasteiger partial charge is 0.257 e. The average molecular weight is 477 g/mol. The van der Waals surface area contributed by atoms with E-state index >= 15 is 0 Å². The molecule has 5 aromatic carbocycles. The molecule has 0 bridgehead atoms. The van der Waals surface area contributed by atoms with Gasteiger partial charge in [0.15, 0.2) is 0 Å². The van der Waals surface area contributed by atoms with Gasteiger partial charge in [-0.3, -0.25) is 5.01 Å². The van der Waals surface area contributed by atoms with Crippen LogP contribution in [0.5, 0.6) is 0 Å². The molecule has 0 saturated carbocycles. The Bertz CT molecular complexity index is 1500. The lowest BCUT2D eigenvalue weighted by Crippen LogP contribution is -2.18. The third-order valence-corrected chi connectivity index (χ3v) is 6.84. The van der Waals surface area contributed by atoms with E-state index < -0.39 is 0 Å². The van der Waals surface area contributed by atoms with Crippen LogP contribution in [0.4, 0.5) is 5.69 Å². The molecule has 0 amide bonds. The van der Waals surface area contributed by atoms with Crippen LogP contribution in [-0.2, 0) is 0 Å². The highest BCUT2D eigenvalue weighted by molar-refractivity contribution is 6.01. The van der Waals surface area contributed by atoms with Crippen LogP contribution in [0, 0.1) is 0 Å². The van der Waals surface area contributed by atoms with Gasteiger partial charge in [-0.25, -0.2) is 0 Å². The van der Waals surface area contributed by atoms with Gasteiger partial charge >= 0.3 is 0 Å². The summed E-state index contributed by atoms with van der Waals surface area (Å²) in [5.41, 5.74) is 9.55. The Morgan fingerprint density at radius 2 is 1.00 bits per heavy atom. The molecule has 0 radical (unpaired) electrons. The SMILES string of the molecule is C(=C\c1ccc(-c2ccccc2)cc1)/C1=NN(c2ccccc2)[C@H](c2ccc(-c3ccccc3)cc2)C1. The fraction of sp³-hybridized carbons (Fsp3) is 0.0571. The lowest BCUT2D eigenvalue weighted by Gasteiger charge is -2.24. The summed E-state index contributed by atoms with van der Waals surface area (Å²) in [7, 11) is 0. The summed E-state index contributed by atoms with van der Waals surface area (Å²) in [5, 5.41) is 7.20. The summed E-state index contributed by atoms with van der Waals surface area (Å²) in [6.45, 7) is 0. The summed E-state index contributed by atoms with van der Waals surface area (Å²) >= 11 is 0. The molecule has 1 heterocycles. The molecule has 0 unspecified atom stereocenters. The Labute approximate surface area is 218 Å². The van der Waals surface area contributed by atoms with Gasteiger partial charge in [-0.2, -0.15) is 5.10 Å². The molecule has 0 fully saturated rings. The van der Waals surface area contributed by atoms with Crippen molar-refractivity contribution < 1.29 is 0 Å². The van der Waals surface area contributed by atoms with Gasteiger partial charge in [-0.1, -0.05) is 133 Å². The van der Waals surface area contributed by atoms with Crippen molar-refractivity contribution in [3.05, 3.63) is 157 Å². The summed E-state index contributed by atoms with van der Waals surface area (Å²) in [5.74, 6) is 0. The van der Waals surface area contributed by atoms with E-state index in [1.54, 1.807) is 0 Å². The van der Waals surface area contributed by atoms with Gasteiger partial charge in [0.2, 0.25) is 0 Å². The maximum Gasteiger partial charge on any atom is 0.0831 e. The average Bonchev–Trinajstić information content (AvgIpc) is 3.42. The van der Waals surface area contributed by atoms with E-state index in [1.165, 1.54) is 33.4 Å². The van der Waals surface area contributed by atoms with Crippen molar-refractivity contribution in [3.63, 3.8) is 0 Å². The van der Waals surface area contributed by atoms with Crippen molar-refractivity contribution >= 4 is 17.5 Å². The molecule has 1 atom stereocenters. The van der Waals surface area contributed by atoms with Crippen LogP contribution >= 0.6 is 0 Å². The molecule has 0 spiro atoms.